The third-order valence-electron chi connectivity index (χ3n) is 4.83. The molecular formula is C21H21N5O2. The second-order valence-corrected chi connectivity index (χ2v) is 6.79. The van der Waals surface area contributed by atoms with Gasteiger partial charge in [-0.15, -0.1) is 0 Å². The fourth-order valence-corrected chi connectivity index (χ4v) is 3.35. The number of hydrogen-bond acceptors (Lipinski definition) is 4. The first-order chi connectivity index (χ1) is 13.5. The predicted molar refractivity (Wildman–Crippen MR) is 109 cm³/mol. The minimum absolute atomic E-state index is 0.227. The number of aromatic amines is 1. The van der Waals surface area contributed by atoms with E-state index in [0.717, 1.165) is 39.0 Å². The van der Waals surface area contributed by atoms with Gasteiger partial charge in [-0.1, -0.05) is 18.2 Å². The fraction of sp³-hybridized carbons (Fsp3) is 0.190. The molecule has 0 fully saturated rings. The first-order valence-corrected chi connectivity index (χ1v) is 8.90. The van der Waals surface area contributed by atoms with Gasteiger partial charge in [0.1, 0.15) is 11.4 Å². The van der Waals surface area contributed by atoms with Gasteiger partial charge >= 0.3 is 0 Å². The highest BCUT2D eigenvalue weighted by molar-refractivity contribution is 6.10. The summed E-state index contributed by atoms with van der Waals surface area (Å²) in [5.41, 5.74) is 5.69. The minimum Gasteiger partial charge on any atom is -0.496 e. The Balaban J connectivity index is 1.80. The standard InChI is InChI=1S/C21H21N5O2/c1-12-6-5-7-13(2)19(12)23-21(27)16-8-15-17(9-18(16)28-4)24-25-20(15)14-10-22-26(3)11-14/h5-11H,1-4H3,(H,23,27)(H,24,25). The number of carbonyl (C=O) groups excluding carboxylic acids is 1. The van der Waals surface area contributed by atoms with E-state index in [9.17, 15) is 4.79 Å². The van der Waals surface area contributed by atoms with Crippen LogP contribution in [0.15, 0.2) is 42.7 Å². The predicted octanol–water partition coefficient (Wildman–Crippen LogP) is 3.84. The third kappa shape index (κ3) is 3.00. The highest BCUT2D eigenvalue weighted by Crippen LogP contribution is 2.32. The number of amides is 1. The zero-order chi connectivity index (χ0) is 19.8. The van der Waals surface area contributed by atoms with E-state index in [1.165, 1.54) is 0 Å². The molecule has 0 aliphatic rings. The summed E-state index contributed by atoms with van der Waals surface area (Å²) in [6.07, 6.45) is 3.63. The van der Waals surface area contributed by atoms with Crippen LogP contribution in [-0.2, 0) is 7.05 Å². The molecule has 1 amide bonds. The van der Waals surface area contributed by atoms with E-state index in [-0.39, 0.29) is 5.91 Å². The largest absolute Gasteiger partial charge is 0.496 e. The van der Waals surface area contributed by atoms with Gasteiger partial charge in [-0.2, -0.15) is 10.2 Å². The molecule has 0 spiro atoms. The normalized spacial score (nSPS) is 11.0. The molecule has 0 bridgehead atoms. The van der Waals surface area contributed by atoms with E-state index in [1.54, 1.807) is 24.1 Å². The van der Waals surface area contributed by atoms with E-state index in [4.69, 9.17) is 4.74 Å². The van der Waals surface area contributed by atoms with Crippen molar-refractivity contribution in [3.05, 3.63) is 59.4 Å². The Bertz CT molecular complexity index is 1170. The molecule has 142 valence electrons. The topological polar surface area (TPSA) is 84.8 Å². The van der Waals surface area contributed by atoms with Crippen LogP contribution in [0.25, 0.3) is 22.2 Å². The number of hydrogen-bond donors (Lipinski definition) is 2. The molecule has 0 aliphatic heterocycles. The van der Waals surface area contributed by atoms with Gasteiger partial charge in [0.15, 0.2) is 0 Å². The van der Waals surface area contributed by atoms with Gasteiger partial charge in [0.25, 0.3) is 5.91 Å². The average Bonchev–Trinajstić information content (AvgIpc) is 3.29. The Kier molecular flexibility index (Phi) is 4.35. The van der Waals surface area contributed by atoms with Gasteiger partial charge in [0, 0.05) is 35.9 Å². The Morgan fingerprint density at radius 3 is 2.61 bits per heavy atom. The lowest BCUT2D eigenvalue weighted by molar-refractivity contribution is 0.102. The summed E-state index contributed by atoms with van der Waals surface area (Å²) in [6, 6.07) is 9.52. The number of aromatic nitrogens is 4. The maximum Gasteiger partial charge on any atom is 0.259 e. The molecule has 0 atom stereocenters. The highest BCUT2D eigenvalue weighted by Gasteiger charge is 2.19. The van der Waals surface area contributed by atoms with Crippen LogP contribution in [-0.4, -0.2) is 33.0 Å². The molecule has 0 saturated carbocycles. The summed E-state index contributed by atoms with van der Waals surface area (Å²) < 4.78 is 7.18. The van der Waals surface area contributed by atoms with Crippen molar-refractivity contribution in [3.63, 3.8) is 0 Å². The molecule has 2 heterocycles. The number of anilines is 1. The minimum atomic E-state index is -0.227. The zero-order valence-corrected chi connectivity index (χ0v) is 16.2. The summed E-state index contributed by atoms with van der Waals surface area (Å²) in [5.74, 6) is 0.257. The van der Waals surface area contributed by atoms with Crippen LogP contribution >= 0.6 is 0 Å². The number of H-pyrrole nitrogens is 1. The van der Waals surface area contributed by atoms with Crippen molar-refractivity contribution in [2.45, 2.75) is 13.8 Å². The van der Waals surface area contributed by atoms with Crippen LogP contribution in [0.5, 0.6) is 5.75 Å². The molecule has 28 heavy (non-hydrogen) atoms. The number of aryl methyl sites for hydroxylation is 3. The molecule has 0 radical (unpaired) electrons. The molecule has 7 nitrogen and oxygen atoms in total. The van der Waals surface area contributed by atoms with Crippen LogP contribution < -0.4 is 10.1 Å². The molecule has 4 aromatic rings. The molecule has 2 aromatic heterocycles. The second kappa shape index (κ2) is 6.84. The lowest BCUT2D eigenvalue weighted by Crippen LogP contribution is -2.15. The van der Waals surface area contributed by atoms with Crippen LogP contribution in [0.1, 0.15) is 21.5 Å². The molecule has 7 heteroatoms. The molecule has 2 aromatic carbocycles. The summed E-state index contributed by atoms with van der Waals surface area (Å²) in [6.45, 7) is 3.94. The molecule has 2 N–H and O–H groups in total. The monoisotopic (exact) mass is 375 g/mol. The number of benzene rings is 2. The van der Waals surface area contributed by atoms with Crippen molar-refractivity contribution >= 4 is 22.5 Å². The molecule has 0 aliphatic carbocycles. The van der Waals surface area contributed by atoms with Crippen molar-refractivity contribution < 1.29 is 9.53 Å². The Labute approximate surface area is 162 Å². The van der Waals surface area contributed by atoms with Crippen molar-refractivity contribution in [2.75, 3.05) is 12.4 Å². The summed E-state index contributed by atoms with van der Waals surface area (Å²) in [5, 5.41) is 15.5. The Hall–Kier alpha value is -3.61. The first-order valence-electron chi connectivity index (χ1n) is 8.90. The number of rotatable bonds is 4. The van der Waals surface area contributed by atoms with Gasteiger partial charge in [0.05, 0.1) is 24.4 Å². The smallest absolute Gasteiger partial charge is 0.259 e. The van der Waals surface area contributed by atoms with E-state index in [2.05, 4.69) is 20.6 Å². The lowest BCUT2D eigenvalue weighted by Gasteiger charge is -2.13. The number of para-hydroxylation sites is 1. The zero-order valence-electron chi connectivity index (χ0n) is 16.2. The number of nitrogens with one attached hydrogen (secondary N) is 2. The third-order valence-corrected chi connectivity index (χ3v) is 4.83. The highest BCUT2D eigenvalue weighted by atomic mass is 16.5. The Morgan fingerprint density at radius 2 is 1.96 bits per heavy atom. The molecule has 0 unspecified atom stereocenters. The molecule has 4 rings (SSSR count). The van der Waals surface area contributed by atoms with E-state index < -0.39 is 0 Å². The van der Waals surface area contributed by atoms with Crippen LogP contribution in [0.4, 0.5) is 5.69 Å². The van der Waals surface area contributed by atoms with Gasteiger partial charge < -0.3 is 10.1 Å². The van der Waals surface area contributed by atoms with Crippen molar-refractivity contribution in [2.24, 2.45) is 7.05 Å². The number of fused-ring (bicyclic) bond motifs is 1. The maximum atomic E-state index is 13.1. The summed E-state index contributed by atoms with van der Waals surface area (Å²) in [7, 11) is 3.40. The number of carbonyl (C=O) groups is 1. The summed E-state index contributed by atoms with van der Waals surface area (Å²) in [4.78, 5) is 13.1. The summed E-state index contributed by atoms with van der Waals surface area (Å²) >= 11 is 0. The van der Waals surface area contributed by atoms with Crippen molar-refractivity contribution in [1.82, 2.24) is 20.0 Å². The van der Waals surface area contributed by atoms with Crippen molar-refractivity contribution in [3.8, 4) is 17.0 Å². The van der Waals surface area contributed by atoms with Crippen molar-refractivity contribution in [1.29, 1.82) is 0 Å². The number of ether oxygens (including phenoxy) is 1. The first kappa shape index (κ1) is 17.8. The average molecular weight is 375 g/mol. The quantitative estimate of drug-likeness (QED) is 0.567. The van der Waals surface area contributed by atoms with E-state index >= 15 is 0 Å². The van der Waals surface area contributed by atoms with Gasteiger partial charge in [0.2, 0.25) is 0 Å². The van der Waals surface area contributed by atoms with E-state index in [0.29, 0.717) is 11.3 Å². The van der Waals surface area contributed by atoms with E-state index in [1.807, 2.05) is 51.4 Å². The SMILES string of the molecule is COc1cc2[nH]nc(-c3cnn(C)c3)c2cc1C(=O)Nc1c(C)cccc1C. The van der Waals surface area contributed by atoms with Crippen LogP contribution in [0, 0.1) is 13.8 Å². The molecule has 0 saturated heterocycles. The van der Waals surface area contributed by atoms with Gasteiger partial charge in [-0.05, 0) is 31.0 Å². The maximum absolute atomic E-state index is 13.1. The second-order valence-electron chi connectivity index (χ2n) is 6.79. The van der Waals surface area contributed by atoms with Crippen LogP contribution in [0.3, 0.4) is 0 Å². The number of methoxy groups -OCH3 is 1. The van der Waals surface area contributed by atoms with Crippen LogP contribution in [0.2, 0.25) is 0 Å². The molecular weight excluding hydrogens is 354 g/mol. The number of nitrogens with zero attached hydrogens (tertiary/aromatic N) is 3. The Morgan fingerprint density at radius 1 is 1.21 bits per heavy atom. The van der Waals surface area contributed by atoms with Gasteiger partial charge in [-0.3, -0.25) is 14.6 Å². The lowest BCUT2D eigenvalue weighted by atomic mass is 10.0. The van der Waals surface area contributed by atoms with Gasteiger partial charge in [-0.25, -0.2) is 0 Å². The fourth-order valence-electron chi connectivity index (χ4n) is 3.35.